The van der Waals surface area contributed by atoms with Crippen LogP contribution in [-0.2, 0) is 7.05 Å². The molecule has 2 heterocycles. The van der Waals surface area contributed by atoms with Crippen LogP contribution >= 0.6 is 15.9 Å². The predicted octanol–water partition coefficient (Wildman–Crippen LogP) is 2.47. The summed E-state index contributed by atoms with van der Waals surface area (Å²) in [6.07, 6.45) is 5.56. The second-order valence-electron chi connectivity index (χ2n) is 3.59. The zero-order chi connectivity index (χ0) is 11.5. The molecule has 16 heavy (non-hydrogen) atoms. The Labute approximate surface area is 103 Å². The number of nitrogens with one attached hydrogen (secondary N) is 1. The van der Waals surface area contributed by atoms with Gasteiger partial charge in [0.1, 0.15) is 0 Å². The fourth-order valence-corrected chi connectivity index (χ4v) is 2.18. The summed E-state index contributed by atoms with van der Waals surface area (Å²) in [4.78, 5) is 0. The molecule has 0 bridgehead atoms. The van der Waals surface area contributed by atoms with Crippen LogP contribution in [0.25, 0.3) is 0 Å². The Hall–Kier alpha value is -1.07. The van der Waals surface area contributed by atoms with Crippen molar-refractivity contribution in [3.8, 4) is 0 Å². The smallest absolute Gasteiger partial charge is 0.174 e. The van der Waals surface area contributed by atoms with Crippen LogP contribution in [0.5, 0.6) is 0 Å². The van der Waals surface area contributed by atoms with Crippen LogP contribution in [0.2, 0.25) is 0 Å². The van der Waals surface area contributed by atoms with E-state index < -0.39 is 0 Å². The summed E-state index contributed by atoms with van der Waals surface area (Å²) in [5.74, 6) is 0. The van der Waals surface area contributed by atoms with E-state index in [2.05, 4.69) is 33.3 Å². The second kappa shape index (κ2) is 4.84. The maximum Gasteiger partial charge on any atom is 0.174 e. The number of aryl methyl sites for hydroxylation is 1. The van der Waals surface area contributed by atoms with Crippen molar-refractivity contribution in [1.82, 2.24) is 15.1 Å². The number of furan rings is 1. The van der Waals surface area contributed by atoms with Gasteiger partial charge in [-0.2, -0.15) is 5.10 Å². The summed E-state index contributed by atoms with van der Waals surface area (Å²) in [6.45, 7) is 2.97. The molecule has 0 radical (unpaired) electrons. The minimum Gasteiger partial charge on any atom is -0.457 e. The van der Waals surface area contributed by atoms with E-state index in [4.69, 9.17) is 4.42 Å². The van der Waals surface area contributed by atoms with E-state index in [1.165, 1.54) is 0 Å². The monoisotopic (exact) mass is 283 g/mol. The van der Waals surface area contributed by atoms with E-state index >= 15 is 0 Å². The Morgan fingerprint density at radius 2 is 2.44 bits per heavy atom. The number of hydrogen-bond donors (Lipinski definition) is 1. The molecule has 0 saturated heterocycles. The average Bonchev–Trinajstić information content (AvgIpc) is 2.84. The molecular weight excluding hydrogens is 270 g/mol. The molecule has 5 heteroatoms. The number of aromatic nitrogens is 2. The van der Waals surface area contributed by atoms with Gasteiger partial charge in [-0.25, -0.2) is 0 Å². The highest BCUT2D eigenvalue weighted by Crippen LogP contribution is 2.29. The molecule has 4 nitrogen and oxygen atoms in total. The van der Waals surface area contributed by atoms with Gasteiger partial charge in [0.2, 0.25) is 0 Å². The summed E-state index contributed by atoms with van der Waals surface area (Å²) >= 11 is 3.41. The van der Waals surface area contributed by atoms with Crippen molar-refractivity contribution in [2.45, 2.75) is 13.0 Å². The normalized spacial score (nSPS) is 12.9. The van der Waals surface area contributed by atoms with Crippen molar-refractivity contribution >= 4 is 15.9 Å². The summed E-state index contributed by atoms with van der Waals surface area (Å²) < 4.78 is 7.83. The molecule has 0 spiro atoms. The lowest BCUT2D eigenvalue weighted by Gasteiger charge is -2.14. The minimum absolute atomic E-state index is 0.117. The lowest BCUT2D eigenvalue weighted by atomic mass is 10.1. The molecule has 2 aromatic rings. The quantitative estimate of drug-likeness (QED) is 0.938. The van der Waals surface area contributed by atoms with Gasteiger partial charge in [-0.15, -0.1) is 0 Å². The maximum atomic E-state index is 5.27. The van der Waals surface area contributed by atoms with Gasteiger partial charge in [-0.1, -0.05) is 6.92 Å². The molecule has 2 rings (SSSR count). The Kier molecular flexibility index (Phi) is 3.46. The third-order valence-corrected chi connectivity index (χ3v) is 3.07. The highest BCUT2D eigenvalue weighted by Gasteiger charge is 2.18. The zero-order valence-corrected chi connectivity index (χ0v) is 10.9. The van der Waals surface area contributed by atoms with Gasteiger partial charge in [0.25, 0.3) is 0 Å². The van der Waals surface area contributed by atoms with E-state index in [0.29, 0.717) is 0 Å². The summed E-state index contributed by atoms with van der Waals surface area (Å²) in [7, 11) is 1.91. The van der Waals surface area contributed by atoms with Crippen molar-refractivity contribution in [3.63, 3.8) is 0 Å². The van der Waals surface area contributed by atoms with E-state index in [9.17, 15) is 0 Å². The first-order valence-corrected chi connectivity index (χ1v) is 5.96. The van der Waals surface area contributed by atoms with Crippen molar-refractivity contribution in [2.24, 2.45) is 7.05 Å². The van der Waals surface area contributed by atoms with Gasteiger partial charge >= 0.3 is 0 Å². The Morgan fingerprint density at radius 1 is 1.62 bits per heavy atom. The number of halogens is 1. The predicted molar refractivity (Wildman–Crippen MR) is 65.1 cm³/mol. The van der Waals surface area contributed by atoms with Crippen molar-refractivity contribution in [1.29, 1.82) is 0 Å². The Balaban J connectivity index is 2.34. The number of rotatable bonds is 4. The summed E-state index contributed by atoms with van der Waals surface area (Å²) in [5, 5.41) is 7.60. The van der Waals surface area contributed by atoms with Crippen LogP contribution in [0.15, 0.2) is 33.8 Å². The van der Waals surface area contributed by atoms with Gasteiger partial charge in [-0.05, 0) is 28.5 Å². The molecule has 1 N–H and O–H groups in total. The van der Waals surface area contributed by atoms with Gasteiger partial charge in [0, 0.05) is 24.4 Å². The number of nitrogens with zero attached hydrogens (tertiary/aromatic N) is 2. The van der Waals surface area contributed by atoms with E-state index in [-0.39, 0.29) is 6.04 Å². The van der Waals surface area contributed by atoms with Gasteiger partial charge < -0.3 is 9.73 Å². The molecule has 0 fully saturated rings. The first-order chi connectivity index (χ1) is 7.72. The molecule has 1 unspecified atom stereocenters. The fraction of sp³-hybridized carbons (Fsp3) is 0.364. The van der Waals surface area contributed by atoms with Crippen LogP contribution in [0, 0.1) is 0 Å². The van der Waals surface area contributed by atoms with Crippen molar-refractivity contribution in [2.75, 3.05) is 6.54 Å². The average molecular weight is 284 g/mol. The molecule has 1 atom stereocenters. The molecule has 86 valence electrons. The van der Waals surface area contributed by atoms with Crippen molar-refractivity contribution < 1.29 is 4.42 Å². The summed E-state index contributed by atoms with van der Waals surface area (Å²) in [5.41, 5.74) is 2.22. The molecule has 0 aliphatic rings. The SMILES string of the molecule is CCNC(c1cnn(C)c1)c1ccoc1Br. The molecule has 0 amide bonds. The lowest BCUT2D eigenvalue weighted by Crippen LogP contribution is -2.21. The number of hydrogen-bond acceptors (Lipinski definition) is 3. The highest BCUT2D eigenvalue weighted by molar-refractivity contribution is 9.10. The highest BCUT2D eigenvalue weighted by atomic mass is 79.9. The maximum absolute atomic E-state index is 5.27. The van der Waals surface area contributed by atoms with Gasteiger partial charge in [0.05, 0.1) is 18.5 Å². The van der Waals surface area contributed by atoms with Crippen LogP contribution in [0.1, 0.15) is 24.1 Å². The molecular formula is C11H14BrN3O. The minimum atomic E-state index is 0.117. The molecule has 0 aromatic carbocycles. The standard InChI is InChI=1S/C11H14BrN3O/c1-3-13-10(8-6-14-15(2)7-8)9-4-5-16-11(9)12/h4-7,10,13H,3H2,1-2H3. The third kappa shape index (κ3) is 2.20. The van der Waals surface area contributed by atoms with Crippen LogP contribution in [-0.4, -0.2) is 16.3 Å². The van der Waals surface area contributed by atoms with Crippen LogP contribution in [0.3, 0.4) is 0 Å². The fourth-order valence-electron chi connectivity index (χ4n) is 1.71. The third-order valence-electron chi connectivity index (χ3n) is 2.42. The van der Waals surface area contributed by atoms with Gasteiger partial charge in [-0.3, -0.25) is 4.68 Å². The van der Waals surface area contributed by atoms with Crippen LogP contribution < -0.4 is 5.32 Å². The molecule has 0 aliphatic heterocycles. The van der Waals surface area contributed by atoms with Crippen molar-refractivity contribution in [3.05, 3.63) is 40.5 Å². The molecule has 2 aromatic heterocycles. The molecule has 0 aliphatic carbocycles. The first-order valence-electron chi connectivity index (χ1n) is 5.17. The summed E-state index contributed by atoms with van der Waals surface area (Å²) in [6, 6.07) is 2.08. The van der Waals surface area contributed by atoms with E-state index in [1.807, 2.05) is 25.5 Å². The Bertz CT molecular complexity index is 463. The van der Waals surface area contributed by atoms with E-state index in [0.717, 1.165) is 22.3 Å². The topological polar surface area (TPSA) is 43.0 Å². The zero-order valence-electron chi connectivity index (χ0n) is 9.27. The largest absolute Gasteiger partial charge is 0.457 e. The lowest BCUT2D eigenvalue weighted by molar-refractivity contribution is 0.526. The van der Waals surface area contributed by atoms with Crippen LogP contribution in [0.4, 0.5) is 0 Å². The first kappa shape index (κ1) is 11.4. The molecule has 0 saturated carbocycles. The van der Waals surface area contributed by atoms with E-state index in [1.54, 1.807) is 10.9 Å². The Morgan fingerprint density at radius 3 is 2.94 bits per heavy atom. The van der Waals surface area contributed by atoms with Gasteiger partial charge in [0.15, 0.2) is 4.67 Å². The second-order valence-corrected chi connectivity index (χ2v) is 4.31.